The van der Waals surface area contributed by atoms with Crippen molar-refractivity contribution in [3.63, 3.8) is 0 Å². The summed E-state index contributed by atoms with van der Waals surface area (Å²) in [6, 6.07) is 9.45. The number of aromatic carboxylic acids is 1. The summed E-state index contributed by atoms with van der Waals surface area (Å²) in [6.45, 7) is 1.56. The second kappa shape index (κ2) is 6.56. The topological polar surface area (TPSA) is 119 Å². The highest BCUT2D eigenvalue weighted by atomic mass is 16.6. The zero-order valence-corrected chi connectivity index (χ0v) is 12.0. The first-order valence-corrected chi connectivity index (χ1v) is 6.44. The van der Waals surface area contributed by atoms with Crippen molar-refractivity contribution in [1.82, 2.24) is 0 Å². The van der Waals surface area contributed by atoms with Gasteiger partial charge in [0, 0.05) is 17.8 Å². The van der Waals surface area contributed by atoms with Crippen LogP contribution in [0.4, 0.5) is 16.2 Å². The van der Waals surface area contributed by atoms with Crippen molar-refractivity contribution in [3.8, 4) is 5.75 Å². The van der Waals surface area contributed by atoms with Crippen LogP contribution in [0, 0.1) is 17.0 Å². The van der Waals surface area contributed by atoms with Gasteiger partial charge in [-0.05, 0) is 36.8 Å². The molecule has 2 aromatic rings. The van der Waals surface area contributed by atoms with E-state index in [2.05, 4.69) is 5.32 Å². The smallest absolute Gasteiger partial charge is 0.417 e. The van der Waals surface area contributed by atoms with E-state index in [1.807, 2.05) is 0 Å². The van der Waals surface area contributed by atoms with Crippen LogP contribution < -0.4 is 10.1 Å². The standard InChI is InChI=1S/C15H12N2O6/c1-9-12(14(18)19)3-2-4-13(9)16-15(20)23-11-7-5-10(6-8-11)17(21)22/h2-8H,1H3,(H,16,20)(H,18,19). The highest BCUT2D eigenvalue weighted by molar-refractivity contribution is 5.94. The van der Waals surface area contributed by atoms with E-state index in [0.29, 0.717) is 11.3 Å². The SMILES string of the molecule is Cc1c(NC(=O)Oc2ccc([N+](=O)[O-])cc2)cccc1C(=O)O. The third kappa shape index (κ3) is 3.82. The van der Waals surface area contributed by atoms with E-state index in [-0.39, 0.29) is 17.0 Å². The van der Waals surface area contributed by atoms with E-state index in [1.165, 1.54) is 36.4 Å². The van der Waals surface area contributed by atoms with Gasteiger partial charge in [-0.15, -0.1) is 0 Å². The number of rotatable bonds is 4. The van der Waals surface area contributed by atoms with Crippen molar-refractivity contribution in [2.75, 3.05) is 5.32 Å². The second-order valence-electron chi connectivity index (χ2n) is 4.55. The molecule has 0 aliphatic rings. The van der Waals surface area contributed by atoms with Gasteiger partial charge in [0.2, 0.25) is 0 Å². The van der Waals surface area contributed by atoms with Gasteiger partial charge in [0.25, 0.3) is 5.69 Å². The third-order valence-corrected chi connectivity index (χ3v) is 3.06. The van der Waals surface area contributed by atoms with E-state index in [9.17, 15) is 19.7 Å². The van der Waals surface area contributed by atoms with Gasteiger partial charge in [-0.1, -0.05) is 6.07 Å². The summed E-state index contributed by atoms with van der Waals surface area (Å²) in [5.41, 5.74) is 0.637. The first-order valence-electron chi connectivity index (χ1n) is 6.44. The lowest BCUT2D eigenvalue weighted by Gasteiger charge is -2.10. The molecule has 2 aromatic carbocycles. The molecule has 8 heteroatoms. The Balaban J connectivity index is 2.09. The van der Waals surface area contributed by atoms with E-state index >= 15 is 0 Å². The van der Waals surface area contributed by atoms with Gasteiger partial charge in [-0.3, -0.25) is 15.4 Å². The van der Waals surface area contributed by atoms with Crippen LogP contribution in [0.3, 0.4) is 0 Å². The number of carbonyl (C=O) groups is 2. The monoisotopic (exact) mass is 316 g/mol. The Kier molecular flexibility index (Phi) is 4.55. The van der Waals surface area contributed by atoms with Crippen LogP contribution in [-0.2, 0) is 0 Å². The molecular formula is C15H12N2O6. The number of nitrogens with one attached hydrogen (secondary N) is 1. The molecule has 118 valence electrons. The maximum absolute atomic E-state index is 11.8. The van der Waals surface area contributed by atoms with Crippen molar-refractivity contribution in [1.29, 1.82) is 0 Å². The average Bonchev–Trinajstić information content (AvgIpc) is 2.49. The van der Waals surface area contributed by atoms with E-state index < -0.39 is 17.0 Å². The average molecular weight is 316 g/mol. The second-order valence-corrected chi connectivity index (χ2v) is 4.55. The first-order chi connectivity index (χ1) is 10.9. The number of carboxylic acids is 1. The Morgan fingerprint density at radius 1 is 1.17 bits per heavy atom. The molecular weight excluding hydrogens is 304 g/mol. The Labute approximate surface area is 130 Å². The number of hydrogen-bond acceptors (Lipinski definition) is 5. The molecule has 0 aromatic heterocycles. The van der Waals surface area contributed by atoms with Gasteiger partial charge in [-0.2, -0.15) is 0 Å². The molecule has 0 saturated heterocycles. The fourth-order valence-electron chi connectivity index (χ4n) is 1.88. The lowest BCUT2D eigenvalue weighted by atomic mass is 10.1. The van der Waals surface area contributed by atoms with Crippen molar-refractivity contribution < 1.29 is 24.4 Å². The summed E-state index contributed by atoms with van der Waals surface area (Å²) >= 11 is 0. The zero-order chi connectivity index (χ0) is 17.0. The number of carbonyl (C=O) groups excluding carboxylic acids is 1. The summed E-state index contributed by atoms with van der Waals surface area (Å²) in [7, 11) is 0. The molecule has 1 amide bonds. The summed E-state index contributed by atoms with van der Waals surface area (Å²) in [5.74, 6) is -0.977. The maximum Gasteiger partial charge on any atom is 0.417 e. The van der Waals surface area contributed by atoms with Crippen molar-refractivity contribution in [2.45, 2.75) is 6.92 Å². The molecule has 0 spiro atoms. The minimum atomic E-state index is -1.10. The molecule has 0 heterocycles. The van der Waals surface area contributed by atoms with Crippen molar-refractivity contribution in [3.05, 3.63) is 63.7 Å². The Morgan fingerprint density at radius 3 is 2.39 bits per heavy atom. The molecule has 0 fully saturated rings. The summed E-state index contributed by atoms with van der Waals surface area (Å²) in [5, 5.41) is 22.0. The van der Waals surface area contributed by atoms with E-state index in [0.717, 1.165) is 0 Å². The highest BCUT2D eigenvalue weighted by Crippen LogP contribution is 2.21. The number of hydrogen-bond donors (Lipinski definition) is 2. The number of non-ortho nitro benzene ring substituents is 1. The molecule has 8 nitrogen and oxygen atoms in total. The number of benzene rings is 2. The molecule has 0 unspecified atom stereocenters. The normalized spacial score (nSPS) is 9.96. The highest BCUT2D eigenvalue weighted by Gasteiger charge is 2.13. The maximum atomic E-state index is 11.8. The first kappa shape index (κ1) is 16.0. The van der Waals surface area contributed by atoms with Crippen LogP contribution in [0.25, 0.3) is 0 Å². The molecule has 0 saturated carbocycles. The third-order valence-electron chi connectivity index (χ3n) is 3.06. The Hall–Kier alpha value is -3.42. The minimum Gasteiger partial charge on any atom is -0.478 e. The number of amides is 1. The Bertz CT molecular complexity index is 770. The number of carboxylic acid groups (broad SMARTS) is 1. The van der Waals surface area contributed by atoms with Crippen LogP contribution in [0.1, 0.15) is 15.9 Å². The van der Waals surface area contributed by atoms with Crippen LogP contribution in [0.2, 0.25) is 0 Å². The van der Waals surface area contributed by atoms with Crippen LogP contribution >= 0.6 is 0 Å². The van der Waals surface area contributed by atoms with E-state index in [1.54, 1.807) is 13.0 Å². The molecule has 2 rings (SSSR count). The largest absolute Gasteiger partial charge is 0.478 e. The van der Waals surface area contributed by atoms with Gasteiger partial charge in [0.1, 0.15) is 5.75 Å². The molecule has 0 aliphatic heterocycles. The van der Waals surface area contributed by atoms with Crippen LogP contribution in [0.5, 0.6) is 5.75 Å². The number of ether oxygens (including phenoxy) is 1. The number of nitro groups is 1. The van der Waals surface area contributed by atoms with Crippen LogP contribution in [-0.4, -0.2) is 22.1 Å². The van der Waals surface area contributed by atoms with Gasteiger partial charge in [-0.25, -0.2) is 9.59 Å². The summed E-state index contributed by atoms with van der Waals surface area (Å²) < 4.78 is 4.99. The van der Waals surface area contributed by atoms with Gasteiger partial charge in [0.15, 0.2) is 0 Å². The number of nitrogens with zero attached hydrogens (tertiary/aromatic N) is 1. The van der Waals surface area contributed by atoms with Crippen molar-refractivity contribution >= 4 is 23.4 Å². The fraction of sp³-hybridized carbons (Fsp3) is 0.0667. The summed E-state index contributed by atoms with van der Waals surface area (Å²) in [4.78, 5) is 32.8. The predicted molar refractivity (Wildman–Crippen MR) is 80.9 cm³/mol. The molecule has 0 aliphatic carbocycles. The minimum absolute atomic E-state index is 0.0677. The van der Waals surface area contributed by atoms with Gasteiger partial charge < -0.3 is 9.84 Å². The van der Waals surface area contributed by atoms with E-state index in [4.69, 9.17) is 9.84 Å². The molecule has 0 radical (unpaired) electrons. The zero-order valence-electron chi connectivity index (χ0n) is 12.0. The molecule has 0 atom stereocenters. The number of nitro benzene ring substituents is 1. The number of anilines is 1. The lowest BCUT2D eigenvalue weighted by Crippen LogP contribution is -2.18. The predicted octanol–water partition coefficient (Wildman–Crippen LogP) is 3.21. The molecule has 0 bridgehead atoms. The lowest BCUT2D eigenvalue weighted by molar-refractivity contribution is -0.384. The summed E-state index contributed by atoms with van der Waals surface area (Å²) in [6.07, 6.45) is -0.829. The molecule has 2 N–H and O–H groups in total. The quantitative estimate of drug-likeness (QED) is 0.660. The Morgan fingerprint density at radius 2 is 1.83 bits per heavy atom. The van der Waals surface area contributed by atoms with Gasteiger partial charge in [0.05, 0.1) is 10.5 Å². The van der Waals surface area contributed by atoms with Crippen molar-refractivity contribution in [2.24, 2.45) is 0 Å². The molecule has 23 heavy (non-hydrogen) atoms. The fourth-order valence-corrected chi connectivity index (χ4v) is 1.88. The van der Waals surface area contributed by atoms with Gasteiger partial charge >= 0.3 is 12.1 Å². The van der Waals surface area contributed by atoms with Crippen LogP contribution in [0.15, 0.2) is 42.5 Å².